The molecular formula is C8H16O2Zn. The molecule has 0 saturated heterocycles. The van der Waals surface area contributed by atoms with Crippen LogP contribution < -0.4 is 0 Å². The van der Waals surface area contributed by atoms with Crippen molar-refractivity contribution in [3.63, 3.8) is 0 Å². The van der Waals surface area contributed by atoms with E-state index in [1.165, 1.54) is 0 Å². The van der Waals surface area contributed by atoms with Crippen LogP contribution in [0.1, 0.15) is 25.7 Å². The smallest absolute Gasteiger partial charge is 0.0459 e. The van der Waals surface area contributed by atoms with Crippen LogP contribution in [-0.2, 0) is 19.5 Å². The van der Waals surface area contributed by atoms with Gasteiger partial charge >= 0.3 is 0 Å². The van der Waals surface area contributed by atoms with Gasteiger partial charge in [0.25, 0.3) is 0 Å². The summed E-state index contributed by atoms with van der Waals surface area (Å²) in [5, 5.41) is 17.6. The summed E-state index contributed by atoms with van der Waals surface area (Å²) >= 11 is 0. The van der Waals surface area contributed by atoms with Gasteiger partial charge in [0.2, 0.25) is 0 Å². The molecule has 1 aliphatic carbocycles. The Kier molecular flexibility index (Phi) is 6.40. The fourth-order valence-corrected chi connectivity index (χ4v) is 1.60. The predicted octanol–water partition coefficient (Wildman–Crippen LogP) is 0.775. The third-order valence-electron chi connectivity index (χ3n) is 2.48. The molecule has 0 aromatic rings. The van der Waals surface area contributed by atoms with Crippen molar-refractivity contribution in [2.45, 2.75) is 25.7 Å². The van der Waals surface area contributed by atoms with E-state index in [4.69, 9.17) is 10.2 Å². The van der Waals surface area contributed by atoms with Crippen LogP contribution in [0.2, 0.25) is 0 Å². The zero-order valence-corrected chi connectivity index (χ0v) is 9.97. The molecular weight excluding hydrogens is 193 g/mol. The Labute approximate surface area is 80.8 Å². The van der Waals surface area contributed by atoms with Gasteiger partial charge in [0.15, 0.2) is 0 Å². The molecule has 2 nitrogen and oxygen atoms in total. The Morgan fingerprint density at radius 1 is 0.818 bits per heavy atom. The molecule has 1 fully saturated rings. The number of aliphatic hydroxyl groups is 2. The third kappa shape index (κ3) is 3.64. The Hall–Kier alpha value is 0.543. The van der Waals surface area contributed by atoms with Gasteiger partial charge in [0.1, 0.15) is 0 Å². The molecule has 0 bridgehead atoms. The Balaban J connectivity index is 0.000001000. The Bertz CT molecular complexity index is 78.1. The summed E-state index contributed by atoms with van der Waals surface area (Å²) in [4.78, 5) is 0. The van der Waals surface area contributed by atoms with Gasteiger partial charge in [-0.1, -0.05) is 0 Å². The van der Waals surface area contributed by atoms with Crippen molar-refractivity contribution in [2.24, 2.45) is 11.8 Å². The summed E-state index contributed by atoms with van der Waals surface area (Å²) < 4.78 is 0. The topological polar surface area (TPSA) is 40.5 Å². The van der Waals surface area contributed by atoms with E-state index in [2.05, 4.69) is 0 Å². The standard InChI is InChI=1S/C8H16O2.Zn/c9-5-7-1-2-8(6-10)4-3-7;/h7-10H,1-6H2;. The third-order valence-corrected chi connectivity index (χ3v) is 2.48. The molecule has 0 aromatic carbocycles. The van der Waals surface area contributed by atoms with E-state index >= 15 is 0 Å². The number of aliphatic hydroxyl groups excluding tert-OH is 2. The van der Waals surface area contributed by atoms with Gasteiger partial charge in [-0.05, 0) is 37.5 Å². The summed E-state index contributed by atoms with van der Waals surface area (Å²) in [6, 6.07) is 0. The average Bonchev–Trinajstić information content (AvgIpc) is 2.05. The van der Waals surface area contributed by atoms with Crippen molar-refractivity contribution in [3.05, 3.63) is 0 Å². The first kappa shape index (κ1) is 11.5. The van der Waals surface area contributed by atoms with Gasteiger partial charge < -0.3 is 10.2 Å². The summed E-state index contributed by atoms with van der Waals surface area (Å²) in [5.41, 5.74) is 0. The van der Waals surface area contributed by atoms with E-state index < -0.39 is 0 Å². The van der Waals surface area contributed by atoms with Crippen LogP contribution in [0.5, 0.6) is 0 Å². The van der Waals surface area contributed by atoms with E-state index in [0.717, 1.165) is 25.7 Å². The van der Waals surface area contributed by atoms with E-state index in [1.807, 2.05) is 0 Å². The fraction of sp³-hybridized carbons (Fsp3) is 1.00. The van der Waals surface area contributed by atoms with Crippen molar-refractivity contribution in [2.75, 3.05) is 13.2 Å². The van der Waals surface area contributed by atoms with Gasteiger partial charge in [-0.3, -0.25) is 0 Å². The van der Waals surface area contributed by atoms with Crippen LogP contribution in [-0.4, -0.2) is 23.4 Å². The summed E-state index contributed by atoms with van der Waals surface area (Å²) in [6.07, 6.45) is 4.40. The van der Waals surface area contributed by atoms with E-state index in [1.54, 1.807) is 0 Å². The average molecular weight is 210 g/mol. The van der Waals surface area contributed by atoms with Crippen molar-refractivity contribution in [3.8, 4) is 0 Å². The molecule has 0 aromatic heterocycles. The second-order valence-corrected chi connectivity index (χ2v) is 3.25. The quantitative estimate of drug-likeness (QED) is 0.660. The molecule has 3 heteroatoms. The molecule has 0 heterocycles. The number of rotatable bonds is 2. The maximum absolute atomic E-state index is 8.79. The van der Waals surface area contributed by atoms with Crippen LogP contribution in [0.15, 0.2) is 0 Å². The van der Waals surface area contributed by atoms with Gasteiger partial charge in [-0.2, -0.15) is 0 Å². The second kappa shape index (κ2) is 6.10. The molecule has 62 valence electrons. The zero-order valence-electron chi connectivity index (χ0n) is 7.00. The Morgan fingerprint density at radius 3 is 1.27 bits per heavy atom. The molecule has 0 atom stereocenters. The molecule has 0 spiro atoms. The van der Waals surface area contributed by atoms with Crippen molar-refractivity contribution in [1.82, 2.24) is 0 Å². The van der Waals surface area contributed by atoms with Crippen LogP contribution in [0.4, 0.5) is 0 Å². The molecule has 1 saturated carbocycles. The predicted molar refractivity (Wildman–Crippen MR) is 39.6 cm³/mol. The van der Waals surface area contributed by atoms with Crippen LogP contribution >= 0.6 is 0 Å². The largest absolute Gasteiger partial charge is 0.396 e. The molecule has 2 N–H and O–H groups in total. The van der Waals surface area contributed by atoms with Crippen LogP contribution in [0.25, 0.3) is 0 Å². The zero-order chi connectivity index (χ0) is 7.40. The second-order valence-electron chi connectivity index (χ2n) is 3.25. The molecule has 11 heavy (non-hydrogen) atoms. The van der Waals surface area contributed by atoms with Crippen molar-refractivity contribution >= 4 is 0 Å². The van der Waals surface area contributed by atoms with Gasteiger partial charge in [0, 0.05) is 32.7 Å². The normalized spacial score (nSPS) is 31.1. The minimum absolute atomic E-state index is 0. The van der Waals surface area contributed by atoms with Gasteiger partial charge in [0.05, 0.1) is 0 Å². The van der Waals surface area contributed by atoms with E-state index in [-0.39, 0.29) is 19.5 Å². The fourth-order valence-electron chi connectivity index (χ4n) is 1.60. The minimum atomic E-state index is 0. The summed E-state index contributed by atoms with van der Waals surface area (Å²) in [5.74, 6) is 1.03. The Morgan fingerprint density at radius 2 is 1.09 bits per heavy atom. The minimum Gasteiger partial charge on any atom is -0.396 e. The number of hydrogen-bond acceptors (Lipinski definition) is 2. The molecule has 0 unspecified atom stereocenters. The van der Waals surface area contributed by atoms with E-state index in [0.29, 0.717) is 25.0 Å². The van der Waals surface area contributed by atoms with Crippen molar-refractivity contribution in [1.29, 1.82) is 0 Å². The van der Waals surface area contributed by atoms with Crippen LogP contribution in [0.3, 0.4) is 0 Å². The molecule has 0 amide bonds. The molecule has 1 rings (SSSR count). The maximum Gasteiger partial charge on any atom is 0.0459 e. The molecule has 0 radical (unpaired) electrons. The SMILES string of the molecule is OCC1CCC(CO)CC1.[Zn]. The van der Waals surface area contributed by atoms with Gasteiger partial charge in [-0.25, -0.2) is 0 Å². The molecule has 0 aliphatic heterocycles. The summed E-state index contributed by atoms with van der Waals surface area (Å²) in [6.45, 7) is 0.663. The molecule has 1 aliphatic rings. The van der Waals surface area contributed by atoms with E-state index in [9.17, 15) is 0 Å². The summed E-state index contributed by atoms with van der Waals surface area (Å²) in [7, 11) is 0. The first-order valence-corrected chi connectivity index (χ1v) is 4.08. The van der Waals surface area contributed by atoms with Gasteiger partial charge in [-0.15, -0.1) is 0 Å². The first-order valence-electron chi connectivity index (χ1n) is 4.08. The van der Waals surface area contributed by atoms with Crippen molar-refractivity contribution < 1.29 is 29.7 Å². The first-order chi connectivity index (χ1) is 4.86. The van der Waals surface area contributed by atoms with Crippen LogP contribution in [0, 0.1) is 11.8 Å². The monoisotopic (exact) mass is 208 g/mol. The number of hydrogen-bond donors (Lipinski definition) is 2. The maximum atomic E-state index is 8.79.